The zero-order chi connectivity index (χ0) is 15.7. The Labute approximate surface area is 127 Å². The van der Waals surface area contributed by atoms with E-state index >= 15 is 0 Å². The Kier molecular flexibility index (Phi) is 3.58. The summed E-state index contributed by atoms with van der Waals surface area (Å²) in [6.45, 7) is 0. The third-order valence-corrected chi connectivity index (χ3v) is 3.72. The maximum atomic E-state index is 11.7. The van der Waals surface area contributed by atoms with E-state index in [-0.39, 0.29) is 5.91 Å². The summed E-state index contributed by atoms with van der Waals surface area (Å²) in [6.07, 6.45) is 4.19. The maximum absolute atomic E-state index is 11.7. The van der Waals surface area contributed by atoms with Gasteiger partial charge in [0.25, 0.3) is 0 Å². The highest BCUT2D eigenvalue weighted by Gasteiger charge is 2.22. The Morgan fingerprint density at radius 1 is 1.27 bits per heavy atom. The van der Waals surface area contributed by atoms with Crippen LogP contribution in [0.15, 0.2) is 30.6 Å². The smallest absolute Gasteiger partial charge is 0.339 e. The second kappa shape index (κ2) is 5.55. The van der Waals surface area contributed by atoms with E-state index in [1.165, 1.54) is 13.3 Å². The van der Waals surface area contributed by atoms with E-state index < -0.39 is 5.97 Å². The lowest BCUT2D eigenvalue weighted by Gasteiger charge is -2.25. The van der Waals surface area contributed by atoms with Crippen LogP contribution in [0.4, 0.5) is 5.69 Å². The summed E-state index contributed by atoms with van der Waals surface area (Å²) in [4.78, 5) is 33.6. The molecule has 1 aliphatic heterocycles. The Morgan fingerprint density at radius 3 is 2.86 bits per heavy atom. The van der Waals surface area contributed by atoms with Crippen molar-refractivity contribution in [1.29, 1.82) is 0 Å². The van der Waals surface area contributed by atoms with Crippen LogP contribution >= 0.6 is 0 Å². The summed E-state index contributed by atoms with van der Waals surface area (Å²) in [7, 11) is 3.08. The molecule has 0 radical (unpaired) electrons. The van der Waals surface area contributed by atoms with Gasteiger partial charge in [-0.25, -0.2) is 4.79 Å². The van der Waals surface area contributed by atoms with Gasteiger partial charge in [0.1, 0.15) is 0 Å². The van der Waals surface area contributed by atoms with Crippen molar-refractivity contribution in [3.05, 3.63) is 41.9 Å². The second-order valence-electron chi connectivity index (χ2n) is 5.07. The largest absolute Gasteiger partial charge is 0.465 e. The summed E-state index contributed by atoms with van der Waals surface area (Å²) in [5.41, 5.74) is 3.55. The third kappa shape index (κ3) is 2.43. The molecule has 0 atom stereocenters. The number of nitrogens with zero attached hydrogens (tertiary/aromatic N) is 3. The number of aryl methyl sites for hydroxylation is 1. The average Bonchev–Trinajstić information content (AvgIpc) is 2.57. The van der Waals surface area contributed by atoms with Gasteiger partial charge in [0.05, 0.1) is 29.7 Å². The maximum Gasteiger partial charge on any atom is 0.339 e. The number of ether oxygens (including phenoxy) is 1. The molecule has 1 amide bonds. The predicted octanol–water partition coefficient (Wildman–Crippen LogP) is 1.84. The lowest BCUT2D eigenvalue weighted by molar-refractivity contribution is -0.118. The van der Waals surface area contributed by atoms with Gasteiger partial charge in [-0.05, 0) is 18.2 Å². The first-order valence-corrected chi connectivity index (χ1v) is 6.90. The number of hydrogen-bond acceptors (Lipinski definition) is 5. The molecule has 0 aromatic carbocycles. The van der Waals surface area contributed by atoms with Gasteiger partial charge in [0.15, 0.2) is 0 Å². The number of pyridine rings is 2. The minimum absolute atomic E-state index is 0.0939. The summed E-state index contributed by atoms with van der Waals surface area (Å²) >= 11 is 0. The molecule has 0 aliphatic carbocycles. The summed E-state index contributed by atoms with van der Waals surface area (Å²) in [5, 5.41) is 0. The van der Waals surface area contributed by atoms with E-state index in [2.05, 4.69) is 9.97 Å². The quantitative estimate of drug-likeness (QED) is 0.791. The molecule has 0 N–H and O–H groups in total. The predicted molar refractivity (Wildman–Crippen MR) is 80.5 cm³/mol. The first-order valence-electron chi connectivity index (χ1n) is 6.90. The highest BCUT2D eigenvalue weighted by atomic mass is 16.5. The number of methoxy groups -OCH3 is 1. The van der Waals surface area contributed by atoms with Crippen molar-refractivity contribution < 1.29 is 14.3 Å². The molecule has 6 heteroatoms. The fourth-order valence-corrected chi connectivity index (χ4v) is 2.48. The van der Waals surface area contributed by atoms with Crippen LogP contribution in [0.2, 0.25) is 0 Å². The average molecular weight is 297 g/mol. The van der Waals surface area contributed by atoms with Crippen molar-refractivity contribution in [3.8, 4) is 11.3 Å². The van der Waals surface area contributed by atoms with E-state index in [4.69, 9.17) is 4.74 Å². The molecular weight excluding hydrogens is 282 g/mol. The number of carbonyl (C=O) groups excluding carboxylic acids is 2. The molecule has 0 bridgehead atoms. The number of esters is 1. The summed E-state index contributed by atoms with van der Waals surface area (Å²) < 4.78 is 4.70. The Morgan fingerprint density at radius 2 is 2.09 bits per heavy atom. The number of aromatic nitrogens is 2. The SMILES string of the molecule is COC(=O)c1cncc(-c2ccc3c(n2)CCC(=O)N3C)c1. The van der Waals surface area contributed by atoms with Gasteiger partial charge in [0.2, 0.25) is 5.91 Å². The fourth-order valence-electron chi connectivity index (χ4n) is 2.48. The minimum atomic E-state index is -0.433. The molecule has 3 rings (SSSR count). The molecule has 0 saturated heterocycles. The normalized spacial score (nSPS) is 13.7. The molecule has 0 spiro atoms. The zero-order valence-corrected chi connectivity index (χ0v) is 12.4. The van der Waals surface area contributed by atoms with Crippen LogP contribution in [0, 0.1) is 0 Å². The summed E-state index contributed by atoms with van der Waals surface area (Å²) in [6, 6.07) is 5.40. The van der Waals surface area contributed by atoms with Crippen LogP contribution in [0.25, 0.3) is 11.3 Å². The standard InChI is InChI=1S/C16H15N3O3/c1-19-14-5-3-12(18-13(14)4-6-15(19)20)10-7-11(9-17-8-10)16(21)22-2/h3,5,7-9H,4,6H2,1-2H3. The molecule has 2 aromatic rings. The monoisotopic (exact) mass is 297 g/mol. The van der Waals surface area contributed by atoms with Crippen LogP contribution < -0.4 is 4.90 Å². The van der Waals surface area contributed by atoms with Crippen LogP contribution in [-0.2, 0) is 16.0 Å². The molecule has 3 heterocycles. The van der Waals surface area contributed by atoms with Gasteiger partial charge in [-0.2, -0.15) is 0 Å². The molecule has 0 unspecified atom stereocenters. The Balaban J connectivity index is 2.00. The topological polar surface area (TPSA) is 72.4 Å². The third-order valence-electron chi connectivity index (χ3n) is 3.72. The van der Waals surface area contributed by atoms with Gasteiger partial charge in [0, 0.05) is 37.8 Å². The van der Waals surface area contributed by atoms with Crippen molar-refractivity contribution in [3.63, 3.8) is 0 Å². The number of rotatable bonds is 2. The van der Waals surface area contributed by atoms with Gasteiger partial charge >= 0.3 is 5.97 Å². The van der Waals surface area contributed by atoms with E-state index in [9.17, 15) is 9.59 Å². The Bertz CT molecular complexity index is 758. The number of amides is 1. The summed E-state index contributed by atoms with van der Waals surface area (Å²) in [5.74, 6) is -0.339. The number of fused-ring (bicyclic) bond motifs is 1. The highest BCUT2D eigenvalue weighted by molar-refractivity contribution is 5.95. The first kappa shape index (κ1) is 14.2. The Hall–Kier alpha value is -2.76. The fraction of sp³-hybridized carbons (Fsp3) is 0.250. The van der Waals surface area contributed by atoms with Crippen LogP contribution in [0.5, 0.6) is 0 Å². The molecule has 0 fully saturated rings. The second-order valence-corrected chi connectivity index (χ2v) is 5.07. The van der Waals surface area contributed by atoms with Crippen LogP contribution in [0.1, 0.15) is 22.5 Å². The molecule has 1 aliphatic rings. The molecular formula is C16H15N3O3. The van der Waals surface area contributed by atoms with Crippen molar-refractivity contribution in [2.45, 2.75) is 12.8 Å². The molecule has 0 saturated carbocycles. The number of carbonyl (C=O) groups is 2. The van der Waals surface area contributed by atoms with Gasteiger partial charge in [-0.15, -0.1) is 0 Å². The molecule has 6 nitrogen and oxygen atoms in total. The van der Waals surface area contributed by atoms with E-state index in [1.807, 2.05) is 12.1 Å². The molecule has 112 valence electrons. The van der Waals surface area contributed by atoms with E-state index in [0.717, 1.165) is 22.6 Å². The van der Waals surface area contributed by atoms with Gasteiger partial charge in [-0.3, -0.25) is 14.8 Å². The van der Waals surface area contributed by atoms with Gasteiger partial charge in [-0.1, -0.05) is 0 Å². The van der Waals surface area contributed by atoms with Crippen LogP contribution in [0.3, 0.4) is 0 Å². The van der Waals surface area contributed by atoms with Crippen LogP contribution in [-0.4, -0.2) is 36.0 Å². The lowest BCUT2D eigenvalue weighted by atomic mass is 10.0. The van der Waals surface area contributed by atoms with E-state index in [1.54, 1.807) is 24.2 Å². The lowest BCUT2D eigenvalue weighted by Crippen LogP contribution is -2.31. The molecule has 2 aromatic heterocycles. The van der Waals surface area contributed by atoms with Crippen molar-refractivity contribution >= 4 is 17.6 Å². The van der Waals surface area contributed by atoms with Crippen molar-refractivity contribution in [2.24, 2.45) is 0 Å². The first-order chi connectivity index (χ1) is 10.6. The van der Waals surface area contributed by atoms with Crippen molar-refractivity contribution in [2.75, 3.05) is 19.1 Å². The van der Waals surface area contributed by atoms with E-state index in [0.29, 0.717) is 18.4 Å². The zero-order valence-electron chi connectivity index (χ0n) is 12.4. The highest BCUT2D eigenvalue weighted by Crippen LogP contribution is 2.28. The number of anilines is 1. The number of hydrogen-bond donors (Lipinski definition) is 0. The van der Waals surface area contributed by atoms with Gasteiger partial charge < -0.3 is 9.64 Å². The minimum Gasteiger partial charge on any atom is -0.465 e. The van der Waals surface area contributed by atoms with Crippen molar-refractivity contribution in [1.82, 2.24) is 9.97 Å². The molecule has 22 heavy (non-hydrogen) atoms.